The largest absolute Gasteiger partial charge is 0.386 e. The van der Waals surface area contributed by atoms with E-state index in [2.05, 4.69) is 0 Å². The molecule has 17 heavy (non-hydrogen) atoms. The van der Waals surface area contributed by atoms with Gasteiger partial charge in [-0.3, -0.25) is 0 Å². The van der Waals surface area contributed by atoms with E-state index in [9.17, 15) is 9.59 Å². The Balaban J connectivity index is 2.61. The molecule has 2 aromatic carbocycles. The van der Waals surface area contributed by atoms with Gasteiger partial charge in [0.15, 0.2) is 0 Å². The topological polar surface area (TPSA) is 43.4 Å². The highest BCUT2D eigenvalue weighted by Gasteiger charge is 2.29. The van der Waals surface area contributed by atoms with Crippen molar-refractivity contribution in [1.29, 1.82) is 0 Å². The second kappa shape index (κ2) is 3.17. The van der Waals surface area contributed by atoms with E-state index in [0.29, 0.717) is 11.1 Å². The van der Waals surface area contributed by atoms with Crippen LogP contribution < -0.4 is 0 Å². The van der Waals surface area contributed by atoms with E-state index in [1.54, 1.807) is 0 Å². The van der Waals surface area contributed by atoms with Gasteiger partial charge in [-0.2, -0.15) is 0 Å². The highest BCUT2D eigenvalue weighted by atomic mass is 16.6. The number of hydrogen-bond donors (Lipinski definition) is 0. The first-order valence-corrected chi connectivity index (χ1v) is 5.39. The second-order valence-corrected chi connectivity index (χ2v) is 4.29. The van der Waals surface area contributed by atoms with Crippen LogP contribution in [0.4, 0.5) is 0 Å². The zero-order valence-corrected chi connectivity index (χ0v) is 9.53. The summed E-state index contributed by atoms with van der Waals surface area (Å²) < 4.78 is 4.79. The smallest absolute Gasteiger partial charge is 0.346 e. The minimum Gasteiger partial charge on any atom is -0.386 e. The lowest BCUT2D eigenvalue weighted by Gasteiger charge is -2.18. The van der Waals surface area contributed by atoms with Crippen molar-refractivity contribution in [2.24, 2.45) is 0 Å². The molecule has 1 heterocycles. The first-order chi connectivity index (χ1) is 8.09. The SMILES string of the molecule is Cc1ccc2ccc(C)c3c2c1C(=O)OC3=O. The molecule has 0 saturated heterocycles. The zero-order valence-electron chi connectivity index (χ0n) is 9.53. The summed E-state index contributed by atoms with van der Waals surface area (Å²) in [5.41, 5.74) is 2.70. The number of ether oxygens (including phenoxy) is 1. The van der Waals surface area contributed by atoms with E-state index in [4.69, 9.17) is 4.74 Å². The monoisotopic (exact) mass is 226 g/mol. The number of aryl methyl sites for hydroxylation is 2. The van der Waals surface area contributed by atoms with E-state index in [1.807, 2.05) is 38.1 Å². The molecule has 0 radical (unpaired) electrons. The molecule has 0 unspecified atom stereocenters. The Morgan fingerprint density at radius 1 is 0.824 bits per heavy atom. The standard InChI is InChI=1S/C14H10O3/c1-7-3-5-9-6-4-8(2)11-12(9)10(7)13(15)17-14(11)16/h3-6H,1-2H3. The minimum atomic E-state index is -0.545. The van der Waals surface area contributed by atoms with Gasteiger partial charge < -0.3 is 4.74 Å². The van der Waals surface area contributed by atoms with E-state index in [-0.39, 0.29) is 0 Å². The Labute approximate surface area is 98.0 Å². The molecule has 0 atom stereocenters. The first kappa shape index (κ1) is 10.0. The van der Waals surface area contributed by atoms with Crippen molar-refractivity contribution in [2.75, 3.05) is 0 Å². The average molecular weight is 226 g/mol. The van der Waals surface area contributed by atoms with Crippen LogP contribution in [0.25, 0.3) is 10.8 Å². The molecule has 0 N–H and O–H groups in total. The summed E-state index contributed by atoms with van der Waals surface area (Å²) in [5.74, 6) is -1.09. The summed E-state index contributed by atoms with van der Waals surface area (Å²) >= 11 is 0. The normalized spacial score (nSPS) is 14.0. The summed E-state index contributed by atoms with van der Waals surface area (Å²) in [6, 6.07) is 7.58. The zero-order chi connectivity index (χ0) is 12.2. The van der Waals surface area contributed by atoms with Crippen molar-refractivity contribution in [2.45, 2.75) is 13.8 Å². The van der Waals surface area contributed by atoms with E-state index in [1.165, 1.54) is 0 Å². The van der Waals surface area contributed by atoms with Crippen molar-refractivity contribution in [3.8, 4) is 0 Å². The third-order valence-electron chi connectivity index (χ3n) is 3.20. The molecule has 0 saturated carbocycles. The quantitative estimate of drug-likeness (QED) is 0.512. The van der Waals surface area contributed by atoms with Gasteiger partial charge in [0.05, 0.1) is 11.1 Å². The van der Waals surface area contributed by atoms with Crippen molar-refractivity contribution < 1.29 is 14.3 Å². The van der Waals surface area contributed by atoms with Crippen LogP contribution in [0.3, 0.4) is 0 Å². The molecule has 84 valence electrons. The Morgan fingerprint density at radius 3 is 1.76 bits per heavy atom. The van der Waals surface area contributed by atoms with Gasteiger partial charge in [-0.05, 0) is 30.4 Å². The summed E-state index contributed by atoms with van der Waals surface area (Å²) in [7, 11) is 0. The molecule has 0 spiro atoms. The van der Waals surface area contributed by atoms with Gasteiger partial charge >= 0.3 is 11.9 Å². The van der Waals surface area contributed by atoms with Crippen molar-refractivity contribution in [1.82, 2.24) is 0 Å². The highest BCUT2D eigenvalue weighted by Crippen LogP contribution is 2.32. The summed E-state index contributed by atoms with van der Waals surface area (Å²) in [6.07, 6.45) is 0. The molecule has 1 aliphatic heterocycles. The fourth-order valence-corrected chi connectivity index (χ4v) is 2.34. The van der Waals surface area contributed by atoms with Gasteiger partial charge in [-0.25, -0.2) is 9.59 Å². The third-order valence-corrected chi connectivity index (χ3v) is 3.20. The number of benzene rings is 2. The average Bonchev–Trinajstić information content (AvgIpc) is 2.27. The number of cyclic esters (lactones) is 2. The number of esters is 2. The van der Waals surface area contributed by atoms with Crippen molar-refractivity contribution >= 4 is 22.7 Å². The molecule has 0 fully saturated rings. The molecule has 2 aromatic rings. The Hall–Kier alpha value is -2.16. The van der Waals surface area contributed by atoms with Crippen molar-refractivity contribution in [3.05, 3.63) is 46.5 Å². The molecule has 3 heteroatoms. The molecule has 0 aromatic heterocycles. The fraction of sp³-hybridized carbons (Fsp3) is 0.143. The Kier molecular flexibility index (Phi) is 1.87. The predicted molar refractivity (Wildman–Crippen MR) is 63.2 cm³/mol. The maximum atomic E-state index is 11.8. The van der Waals surface area contributed by atoms with Gasteiger partial charge in [-0.15, -0.1) is 0 Å². The molecule has 0 aliphatic carbocycles. The maximum Gasteiger partial charge on any atom is 0.346 e. The fourth-order valence-electron chi connectivity index (χ4n) is 2.34. The van der Waals surface area contributed by atoms with Gasteiger partial charge in [0, 0.05) is 5.39 Å². The summed E-state index contributed by atoms with van der Waals surface area (Å²) in [6.45, 7) is 3.69. The predicted octanol–water partition coefficient (Wildman–Crippen LogP) is 2.77. The van der Waals surface area contributed by atoms with Crippen LogP contribution in [0.15, 0.2) is 24.3 Å². The molecule has 1 aliphatic rings. The Bertz CT molecular complexity index is 629. The third kappa shape index (κ3) is 1.22. The lowest BCUT2D eigenvalue weighted by Crippen LogP contribution is -2.21. The van der Waals surface area contributed by atoms with Gasteiger partial charge in [0.1, 0.15) is 0 Å². The van der Waals surface area contributed by atoms with Crippen LogP contribution in [0.2, 0.25) is 0 Å². The molecule has 3 nitrogen and oxygen atoms in total. The first-order valence-electron chi connectivity index (χ1n) is 5.39. The van der Waals surface area contributed by atoms with Gasteiger partial charge in [-0.1, -0.05) is 24.3 Å². The maximum absolute atomic E-state index is 11.8. The second-order valence-electron chi connectivity index (χ2n) is 4.29. The molecule has 0 amide bonds. The number of carbonyl (C=O) groups excluding carboxylic acids is 2. The van der Waals surface area contributed by atoms with E-state index >= 15 is 0 Å². The summed E-state index contributed by atoms with van der Waals surface area (Å²) in [4.78, 5) is 23.5. The molecule has 3 rings (SSSR count). The van der Waals surface area contributed by atoms with Crippen LogP contribution >= 0.6 is 0 Å². The molecular formula is C14H10O3. The molecule has 0 bridgehead atoms. The van der Waals surface area contributed by atoms with Gasteiger partial charge in [0.25, 0.3) is 0 Å². The highest BCUT2D eigenvalue weighted by molar-refractivity contribution is 6.21. The lowest BCUT2D eigenvalue weighted by molar-refractivity contribution is 0.0390. The number of hydrogen-bond acceptors (Lipinski definition) is 3. The van der Waals surface area contributed by atoms with Crippen LogP contribution in [0.1, 0.15) is 31.8 Å². The van der Waals surface area contributed by atoms with Gasteiger partial charge in [0.2, 0.25) is 0 Å². The Morgan fingerprint density at radius 2 is 1.29 bits per heavy atom. The van der Waals surface area contributed by atoms with E-state index < -0.39 is 11.9 Å². The van der Waals surface area contributed by atoms with Crippen molar-refractivity contribution in [3.63, 3.8) is 0 Å². The number of carbonyl (C=O) groups is 2. The minimum absolute atomic E-state index is 0.515. The van der Waals surface area contributed by atoms with E-state index in [0.717, 1.165) is 21.9 Å². The molecular weight excluding hydrogens is 216 g/mol. The lowest BCUT2D eigenvalue weighted by atomic mass is 9.91. The van der Waals surface area contributed by atoms with Crippen LogP contribution in [0.5, 0.6) is 0 Å². The van der Waals surface area contributed by atoms with Crippen LogP contribution in [0, 0.1) is 13.8 Å². The number of rotatable bonds is 0. The summed E-state index contributed by atoms with van der Waals surface area (Å²) in [5, 5.41) is 1.63. The van der Waals surface area contributed by atoms with Crippen LogP contribution in [-0.4, -0.2) is 11.9 Å². The van der Waals surface area contributed by atoms with Crippen LogP contribution in [-0.2, 0) is 4.74 Å².